The zero-order valence-corrected chi connectivity index (χ0v) is 8.10. The number of rotatable bonds is 1. The summed E-state index contributed by atoms with van der Waals surface area (Å²) in [5, 5.41) is 0.776. The Labute approximate surface area is 82.4 Å². The lowest BCUT2D eigenvalue weighted by atomic mass is 10.1. The number of aromatic nitrogens is 1. The molecular formula is C11H10ClN. The molecule has 0 saturated heterocycles. The van der Waals surface area contributed by atoms with Crippen LogP contribution in [0.4, 0.5) is 0 Å². The molecule has 13 heavy (non-hydrogen) atoms. The van der Waals surface area contributed by atoms with Gasteiger partial charge in [-0.2, -0.15) is 0 Å². The van der Waals surface area contributed by atoms with E-state index in [1.165, 1.54) is 11.1 Å². The Hall–Kier alpha value is -1.21. The quantitative estimate of drug-likeness (QED) is 0.709. The van der Waals surface area contributed by atoms with Crippen molar-refractivity contribution in [3.63, 3.8) is 0 Å². The van der Waals surface area contributed by atoms with Crippen LogP contribution in [0.15, 0.2) is 36.7 Å². The molecule has 0 atom stereocenters. The van der Waals surface area contributed by atoms with Crippen molar-refractivity contribution in [2.45, 2.75) is 6.92 Å². The number of halogens is 1. The maximum atomic E-state index is 5.90. The number of hydrogen-bond donors (Lipinski definition) is 1. The first kappa shape index (κ1) is 8.39. The van der Waals surface area contributed by atoms with Crippen LogP contribution >= 0.6 is 11.6 Å². The molecule has 2 rings (SSSR count). The monoisotopic (exact) mass is 191 g/mol. The van der Waals surface area contributed by atoms with E-state index in [0.29, 0.717) is 0 Å². The summed E-state index contributed by atoms with van der Waals surface area (Å²) >= 11 is 5.90. The highest BCUT2D eigenvalue weighted by Crippen LogP contribution is 2.24. The molecule has 0 aliphatic heterocycles. The molecule has 0 aliphatic carbocycles. The number of benzene rings is 1. The Morgan fingerprint density at radius 3 is 2.69 bits per heavy atom. The SMILES string of the molecule is Cc1c[nH]cc1-c1cccc(Cl)c1. The minimum atomic E-state index is 0.776. The Morgan fingerprint density at radius 2 is 2.08 bits per heavy atom. The number of nitrogens with one attached hydrogen (secondary N) is 1. The summed E-state index contributed by atoms with van der Waals surface area (Å²) in [5.74, 6) is 0. The van der Waals surface area contributed by atoms with Crippen LogP contribution in [0.3, 0.4) is 0 Å². The van der Waals surface area contributed by atoms with E-state index in [1.807, 2.05) is 30.6 Å². The third kappa shape index (κ3) is 1.61. The molecule has 0 spiro atoms. The second kappa shape index (κ2) is 3.27. The highest BCUT2D eigenvalue weighted by atomic mass is 35.5. The lowest BCUT2D eigenvalue weighted by molar-refractivity contribution is 1.39. The van der Waals surface area contributed by atoms with Crippen molar-refractivity contribution in [1.82, 2.24) is 4.98 Å². The zero-order valence-electron chi connectivity index (χ0n) is 7.34. The van der Waals surface area contributed by atoms with Crippen LogP contribution in [-0.4, -0.2) is 4.98 Å². The average Bonchev–Trinajstić information content (AvgIpc) is 2.51. The fourth-order valence-electron chi connectivity index (χ4n) is 1.41. The third-order valence-electron chi connectivity index (χ3n) is 2.09. The smallest absolute Gasteiger partial charge is 0.0412 e. The summed E-state index contributed by atoms with van der Waals surface area (Å²) in [6, 6.07) is 7.87. The number of hydrogen-bond acceptors (Lipinski definition) is 0. The Bertz CT molecular complexity index is 418. The lowest BCUT2D eigenvalue weighted by Crippen LogP contribution is -1.76. The van der Waals surface area contributed by atoms with Crippen molar-refractivity contribution < 1.29 is 0 Å². The summed E-state index contributed by atoms with van der Waals surface area (Å²) in [4.78, 5) is 3.07. The van der Waals surface area contributed by atoms with Gasteiger partial charge < -0.3 is 4.98 Å². The molecule has 1 heterocycles. The molecule has 1 nitrogen and oxygen atoms in total. The summed E-state index contributed by atoms with van der Waals surface area (Å²) in [5.41, 5.74) is 3.61. The first-order valence-corrected chi connectivity index (χ1v) is 4.54. The van der Waals surface area contributed by atoms with Gasteiger partial charge in [-0.05, 0) is 30.2 Å². The first-order chi connectivity index (χ1) is 6.27. The van der Waals surface area contributed by atoms with E-state index in [4.69, 9.17) is 11.6 Å². The Balaban J connectivity index is 2.53. The van der Waals surface area contributed by atoms with Gasteiger partial charge in [0.25, 0.3) is 0 Å². The van der Waals surface area contributed by atoms with Crippen LogP contribution in [0, 0.1) is 6.92 Å². The molecule has 0 amide bonds. The third-order valence-corrected chi connectivity index (χ3v) is 2.32. The summed E-state index contributed by atoms with van der Waals surface area (Å²) in [6.07, 6.45) is 3.97. The summed E-state index contributed by atoms with van der Waals surface area (Å²) in [7, 11) is 0. The normalized spacial score (nSPS) is 10.3. The molecule has 0 aliphatic rings. The Kier molecular flexibility index (Phi) is 2.11. The Morgan fingerprint density at radius 1 is 1.23 bits per heavy atom. The maximum absolute atomic E-state index is 5.90. The molecular weight excluding hydrogens is 182 g/mol. The van der Waals surface area contributed by atoms with Crippen LogP contribution in [0.5, 0.6) is 0 Å². The van der Waals surface area contributed by atoms with E-state index in [9.17, 15) is 0 Å². The van der Waals surface area contributed by atoms with Crippen LogP contribution in [-0.2, 0) is 0 Å². The van der Waals surface area contributed by atoms with Gasteiger partial charge in [-0.25, -0.2) is 0 Å². The van der Waals surface area contributed by atoms with Crippen LogP contribution in [0.1, 0.15) is 5.56 Å². The topological polar surface area (TPSA) is 15.8 Å². The molecule has 1 aromatic carbocycles. The van der Waals surface area contributed by atoms with Gasteiger partial charge in [0.15, 0.2) is 0 Å². The van der Waals surface area contributed by atoms with E-state index >= 15 is 0 Å². The van der Waals surface area contributed by atoms with E-state index < -0.39 is 0 Å². The number of aromatic amines is 1. The number of H-pyrrole nitrogens is 1. The predicted octanol–water partition coefficient (Wildman–Crippen LogP) is 3.64. The molecule has 0 saturated carbocycles. The second-order valence-electron chi connectivity index (χ2n) is 3.06. The standard InChI is InChI=1S/C11H10ClN/c1-8-6-13-7-11(8)9-3-2-4-10(12)5-9/h2-7,13H,1H3. The molecule has 0 fully saturated rings. The second-order valence-corrected chi connectivity index (χ2v) is 3.50. The fourth-order valence-corrected chi connectivity index (χ4v) is 1.60. The summed E-state index contributed by atoms with van der Waals surface area (Å²) in [6.45, 7) is 2.08. The van der Waals surface area contributed by atoms with Crippen LogP contribution < -0.4 is 0 Å². The van der Waals surface area contributed by atoms with Crippen molar-refractivity contribution in [3.8, 4) is 11.1 Å². The molecule has 0 radical (unpaired) electrons. The van der Waals surface area contributed by atoms with E-state index in [-0.39, 0.29) is 0 Å². The molecule has 0 unspecified atom stereocenters. The molecule has 2 heteroatoms. The zero-order chi connectivity index (χ0) is 9.26. The highest BCUT2D eigenvalue weighted by molar-refractivity contribution is 6.30. The predicted molar refractivity (Wildman–Crippen MR) is 56.0 cm³/mol. The van der Waals surface area contributed by atoms with Gasteiger partial charge in [0.05, 0.1) is 0 Å². The largest absolute Gasteiger partial charge is 0.367 e. The number of aryl methyl sites for hydroxylation is 1. The molecule has 1 aromatic heterocycles. The van der Waals surface area contributed by atoms with Crippen molar-refractivity contribution in [2.75, 3.05) is 0 Å². The highest BCUT2D eigenvalue weighted by Gasteiger charge is 2.01. The average molecular weight is 192 g/mol. The summed E-state index contributed by atoms with van der Waals surface area (Å²) < 4.78 is 0. The van der Waals surface area contributed by atoms with E-state index in [0.717, 1.165) is 10.6 Å². The van der Waals surface area contributed by atoms with Crippen molar-refractivity contribution >= 4 is 11.6 Å². The minimum Gasteiger partial charge on any atom is -0.367 e. The van der Waals surface area contributed by atoms with Gasteiger partial charge in [-0.3, -0.25) is 0 Å². The van der Waals surface area contributed by atoms with Gasteiger partial charge in [0, 0.05) is 23.0 Å². The van der Waals surface area contributed by atoms with Crippen molar-refractivity contribution in [2.24, 2.45) is 0 Å². The fraction of sp³-hybridized carbons (Fsp3) is 0.0909. The molecule has 2 aromatic rings. The van der Waals surface area contributed by atoms with E-state index in [2.05, 4.69) is 18.0 Å². The molecule has 0 bridgehead atoms. The molecule has 66 valence electrons. The first-order valence-electron chi connectivity index (χ1n) is 4.17. The minimum absolute atomic E-state index is 0.776. The van der Waals surface area contributed by atoms with Gasteiger partial charge in [-0.1, -0.05) is 23.7 Å². The van der Waals surface area contributed by atoms with E-state index in [1.54, 1.807) is 0 Å². The van der Waals surface area contributed by atoms with Crippen molar-refractivity contribution in [3.05, 3.63) is 47.2 Å². The van der Waals surface area contributed by atoms with Crippen molar-refractivity contribution in [1.29, 1.82) is 0 Å². The van der Waals surface area contributed by atoms with Gasteiger partial charge in [-0.15, -0.1) is 0 Å². The van der Waals surface area contributed by atoms with Gasteiger partial charge in [0.1, 0.15) is 0 Å². The lowest BCUT2D eigenvalue weighted by Gasteiger charge is -1.99. The van der Waals surface area contributed by atoms with Crippen LogP contribution in [0.2, 0.25) is 5.02 Å². The van der Waals surface area contributed by atoms with Crippen LogP contribution in [0.25, 0.3) is 11.1 Å². The van der Waals surface area contributed by atoms with Gasteiger partial charge >= 0.3 is 0 Å². The molecule has 1 N–H and O–H groups in total. The van der Waals surface area contributed by atoms with Gasteiger partial charge in [0.2, 0.25) is 0 Å². The maximum Gasteiger partial charge on any atom is 0.0412 e.